The lowest BCUT2D eigenvalue weighted by atomic mass is 10.00. The molecule has 0 fully saturated rings. The smallest absolute Gasteiger partial charge is 0.230 e. The van der Waals surface area contributed by atoms with Gasteiger partial charge in [-0.25, -0.2) is 0 Å². The fraction of sp³-hybridized carbons (Fsp3) is 0.0625. The van der Waals surface area contributed by atoms with E-state index in [4.69, 9.17) is 33.5 Å². The van der Waals surface area contributed by atoms with Crippen molar-refractivity contribution in [1.82, 2.24) is 5.16 Å². The minimum Gasteiger partial charge on any atom is -0.367 e. The third-order valence-corrected chi connectivity index (χ3v) is 3.60. The number of benzene rings is 2. The van der Waals surface area contributed by atoms with Gasteiger partial charge in [-0.05, 0) is 48.4 Å². The van der Waals surface area contributed by atoms with E-state index >= 15 is 0 Å². The number of hydrogen-bond donors (Lipinski definition) is 1. The number of aryl methyl sites for hydroxylation is 1. The lowest BCUT2D eigenvalue weighted by molar-refractivity contribution is 0.439. The van der Waals surface area contributed by atoms with E-state index in [-0.39, 0.29) is 5.88 Å². The zero-order chi connectivity index (χ0) is 15.0. The van der Waals surface area contributed by atoms with Gasteiger partial charge in [-0.1, -0.05) is 40.5 Å². The molecule has 0 spiro atoms. The summed E-state index contributed by atoms with van der Waals surface area (Å²) in [6, 6.07) is 13.1. The minimum atomic E-state index is 0.255. The topological polar surface area (TPSA) is 52.0 Å². The molecule has 21 heavy (non-hydrogen) atoms. The maximum Gasteiger partial charge on any atom is 0.230 e. The molecule has 0 amide bonds. The van der Waals surface area contributed by atoms with Crippen LogP contribution < -0.4 is 5.73 Å². The van der Waals surface area contributed by atoms with Crippen molar-refractivity contribution in [3.8, 4) is 22.4 Å². The predicted octanol–water partition coefficient (Wildman–Crippen LogP) is 5.21. The van der Waals surface area contributed by atoms with Gasteiger partial charge in [-0.2, -0.15) is 0 Å². The normalized spacial score (nSPS) is 10.8. The van der Waals surface area contributed by atoms with Gasteiger partial charge in [0.15, 0.2) is 0 Å². The highest BCUT2D eigenvalue weighted by molar-refractivity contribution is 6.31. The van der Waals surface area contributed by atoms with Crippen LogP contribution in [0.15, 0.2) is 47.0 Å². The quantitative estimate of drug-likeness (QED) is 0.706. The summed E-state index contributed by atoms with van der Waals surface area (Å²) in [6.45, 7) is 1.97. The van der Waals surface area contributed by atoms with Gasteiger partial charge in [-0.3, -0.25) is 0 Å². The molecule has 0 aliphatic rings. The average Bonchev–Trinajstić information content (AvgIpc) is 2.79. The largest absolute Gasteiger partial charge is 0.367 e. The summed E-state index contributed by atoms with van der Waals surface area (Å²) in [6.07, 6.45) is 0. The maximum absolute atomic E-state index is 6.12. The lowest BCUT2D eigenvalue weighted by Crippen LogP contribution is -1.88. The van der Waals surface area contributed by atoms with Crippen LogP contribution in [0.2, 0.25) is 10.0 Å². The monoisotopic (exact) mass is 318 g/mol. The molecule has 0 radical (unpaired) electrons. The van der Waals surface area contributed by atoms with E-state index < -0.39 is 0 Å². The third-order valence-electron chi connectivity index (χ3n) is 3.15. The van der Waals surface area contributed by atoms with Gasteiger partial charge in [0, 0.05) is 15.6 Å². The number of nitrogen functional groups attached to an aromatic ring is 1. The van der Waals surface area contributed by atoms with Crippen LogP contribution in [0.1, 0.15) is 5.56 Å². The summed E-state index contributed by atoms with van der Waals surface area (Å²) < 4.78 is 5.17. The molecule has 3 rings (SSSR count). The molecule has 0 saturated carbocycles. The van der Waals surface area contributed by atoms with E-state index in [1.165, 1.54) is 0 Å². The van der Waals surface area contributed by atoms with Gasteiger partial charge >= 0.3 is 0 Å². The maximum atomic E-state index is 6.12. The molecule has 1 aromatic heterocycles. The van der Waals surface area contributed by atoms with Crippen LogP contribution in [0.25, 0.3) is 22.4 Å². The molecule has 106 valence electrons. The van der Waals surface area contributed by atoms with Crippen molar-refractivity contribution < 1.29 is 4.52 Å². The van der Waals surface area contributed by atoms with Gasteiger partial charge in [-0.15, -0.1) is 0 Å². The highest BCUT2D eigenvalue weighted by atomic mass is 35.5. The van der Waals surface area contributed by atoms with Crippen molar-refractivity contribution >= 4 is 29.1 Å². The summed E-state index contributed by atoms with van der Waals surface area (Å²) in [5.41, 5.74) is 10.1. The SMILES string of the molecule is Cc1cc(Cl)cc(-c2noc(N)c2-c2cccc(Cl)c2)c1. The molecule has 2 aromatic carbocycles. The first-order chi connectivity index (χ1) is 10.0. The number of halogens is 2. The third kappa shape index (κ3) is 2.75. The first-order valence-electron chi connectivity index (χ1n) is 6.33. The van der Waals surface area contributed by atoms with Crippen molar-refractivity contribution in [2.24, 2.45) is 0 Å². The number of hydrogen-bond acceptors (Lipinski definition) is 3. The Balaban J connectivity index is 2.21. The molecule has 0 saturated heterocycles. The molecular formula is C16H12Cl2N2O. The zero-order valence-corrected chi connectivity index (χ0v) is 12.7. The summed E-state index contributed by atoms with van der Waals surface area (Å²) in [5.74, 6) is 0.255. The zero-order valence-electron chi connectivity index (χ0n) is 11.2. The van der Waals surface area contributed by atoms with Crippen LogP contribution in [-0.4, -0.2) is 5.16 Å². The summed E-state index contributed by atoms with van der Waals surface area (Å²) >= 11 is 12.2. The van der Waals surface area contributed by atoms with Crippen LogP contribution in [0.3, 0.4) is 0 Å². The molecule has 3 aromatic rings. The molecule has 1 heterocycles. The Hall–Kier alpha value is -1.97. The second-order valence-electron chi connectivity index (χ2n) is 4.80. The highest BCUT2D eigenvalue weighted by Crippen LogP contribution is 2.38. The number of rotatable bonds is 2. The summed E-state index contributed by atoms with van der Waals surface area (Å²) in [4.78, 5) is 0. The van der Waals surface area contributed by atoms with E-state index in [0.29, 0.717) is 15.7 Å². The van der Waals surface area contributed by atoms with Crippen molar-refractivity contribution in [3.63, 3.8) is 0 Å². The van der Waals surface area contributed by atoms with Gasteiger partial charge in [0.1, 0.15) is 5.69 Å². The van der Waals surface area contributed by atoms with E-state index in [9.17, 15) is 0 Å². The Morgan fingerprint density at radius 3 is 2.48 bits per heavy atom. The standard InChI is InChI=1S/C16H12Cl2N2O/c1-9-5-11(8-13(18)6-9)15-14(16(19)21-20-15)10-3-2-4-12(17)7-10/h2-8H,19H2,1H3. The Kier molecular flexibility index (Phi) is 3.62. The average molecular weight is 319 g/mol. The Morgan fingerprint density at radius 2 is 1.76 bits per heavy atom. The first-order valence-corrected chi connectivity index (χ1v) is 7.09. The lowest BCUT2D eigenvalue weighted by Gasteiger charge is -2.05. The molecule has 0 bridgehead atoms. The molecule has 0 aliphatic carbocycles. The van der Waals surface area contributed by atoms with E-state index in [2.05, 4.69) is 5.16 Å². The van der Waals surface area contributed by atoms with E-state index in [0.717, 1.165) is 22.3 Å². The van der Waals surface area contributed by atoms with Crippen LogP contribution in [-0.2, 0) is 0 Å². The molecule has 0 atom stereocenters. The minimum absolute atomic E-state index is 0.255. The molecular weight excluding hydrogens is 307 g/mol. The van der Waals surface area contributed by atoms with Gasteiger partial charge in [0.25, 0.3) is 0 Å². The van der Waals surface area contributed by atoms with Gasteiger partial charge in [0.05, 0.1) is 5.56 Å². The van der Waals surface area contributed by atoms with Crippen molar-refractivity contribution in [2.75, 3.05) is 5.73 Å². The number of aromatic nitrogens is 1. The van der Waals surface area contributed by atoms with Crippen molar-refractivity contribution in [2.45, 2.75) is 6.92 Å². The fourth-order valence-corrected chi connectivity index (χ4v) is 2.78. The molecule has 2 N–H and O–H groups in total. The second kappa shape index (κ2) is 5.43. The Bertz CT molecular complexity index is 792. The molecule has 0 unspecified atom stereocenters. The number of nitrogens with zero attached hydrogens (tertiary/aromatic N) is 1. The number of anilines is 1. The highest BCUT2D eigenvalue weighted by Gasteiger charge is 2.18. The van der Waals surface area contributed by atoms with Crippen LogP contribution in [0.4, 0.5) is 5.88 Å². The van der Waals surface area contributed by atoms with E-state index in [1.54, 1.807) is 6.07 Å². The molecule has 3 nitrogen and oxygen atoms in total. The Labute approximate surface area is 132 Å². The van der Waals surface area contributed by atoms with Gasteiger partial charge in [0.2, 0.25) is 5.88 Å². The van der Waals surface area contributed by atoms with E-state index in [1.807, 2.05) is 43.3 Å². The predicted molar refractivity (Wildman–Crippen MR) is 86.5 cm³/mol. The van der Waals surface area contributed by atoms with Crippen LogP contribution in [0.5, 0.6) is 0 Å². The molecule has 5 heteroatoms. The van der Waals surface area contributed by atoms with Crippen LogP contribution >= 0.6 is 23.2 Å². The first kappa shape index (κ1) is 14.0. The van der Waals surface area contributed by atoms with Gasteiger partial charge < -0.3 is 10.3 Å². The summed E-state index contributed by atoms with van der Waals surface area (Å²) in [7, 11) is 0. The summed E-state index contributed by atoms with van der Waals surface area (Å²) in [5, 5.41) is 5.34. The number of nitrogens with two attached hydrogens (primary N) is 1. The fourth-order valence-electron chi connectivity index (χ4n) is 2.30. The van der Waals surface area contributed by atoms with Crippen LogP contribution in [0, 0.1) is 6.92 Å². The molecule has 0 aliphatic heterocycles. The van der Waals surface area contributed by atoms with Crippen molar-refractivity contribution in [3.05, 3.63) is 58.1 Å². The van der Waals surface area contributed by atoms with Crippen molar-refractivity contribution in [1.29, 1.82) is 0 Å². The Morgan fingerprint density at radius 1 is 1.00 bits per heavy atom. The second-order valence-corrected chi connectivity index (χ2v) is 5.67.